The molecule has 1 aromatic heterocycles. The summed E-state index contributed by atoms with van der Waals surface area (Å²) in [6.45, 7) is 0.622. The summed E-state index contributed by atoms with van der Waals surface area (Å²) in [5, 5.41) is 0. The van der Waals surface area contributed by atoms with Gasteiger partial charge in [0.25, 0.3) is 0 Å². The first-order valence-corrected chi connectivity index (χ1v) is 7.06. The van der Waals surface area contributed by atoms with Crippen LogP contribution in [0.25, 0.3) is 0 Å². The van der Waals surface area contributed by atoms with E-state index < -0.39 is 0 Å². The highest BCUT2D eigenvalue weighted by Crippen LogP contribution is 2.38. The molecule has 4 nitrogen and oxygen atoms in total. The van der Waals surface area contributed by atoms with Crippen molar-refractivity contribution in [2.75, 3.05) is 12.3 Å². The summed E-state index contributed by atoms with van der Waals surface area (Å²) in [5.41, 5.74) is 12.5. The topological polar surface area (TPSA) is 82.0 Å². The van der Waals surface area contributed by atoms with E-state index in [0.29, 0.717) is 25.2 Å². The molecule has 1 saturated carbocycles. The molecule has 4 heteroatoms. The Hall–Kier alpha value is -1.42. The smallest absolute Gasteiger partial charge is 0.137 e. The van der Waals surface area contributed by atoms with Crippen molar-refractivity contribution < 1.29 is 4.79 Å². The molecule has 104 valence electrons. The second-order valence-electron chi connectivity index (χ2n) is 5.75. The summed E-state index contributed by atoms with van der Waals surface area (Å²) in [7, 11) is 0. The molecule has 19 heavy (non-hydrogen) atoms. The van der Waals surface area contributed by atoms with E-state index in [1.54, 1.807) is 12.3 Å². The van der Waals surface area contributed by atoms with Crippen LogP contribution in [0.3, 0.4) is 0 Å². The minimum atomic E-state index is 0.0495. The number of ketones is 1. The lowest BCUT2D eigenvalue weighted by Crippen LogP contribution is -2.35. The van der Waals surface area contributed by atoms with Crippen molar-refractivity contribution in [2.24, 2.45) is 11.1 Å². The second kappa shape index (κ2) is 6.15. The number of nitrogens with zero attached hydrogens (tertiary/aromatic N) is 1. The van der Waals surface area contributed by atoms with Crippen LogP contribution in [0.4, 0.5) is 5.82 Å². The lowest BCUT2D eigenvalue weighted by molar-refractivity contribution is -0.121. The fourth-order valence-corrected chi connectivity index (χ4v) is 3.07. The van der Waals surface area contributed by atoms with Crippen LogP contribution in [0.1, 0.15) is 44.1 Å². The number of carbonyl (C=O) groups excluding carboxylic acids is 1. The van der Waals surface area contributed by atoms with Crippen molar-refractivity contribution in [1.29, 1.82) is 0 Å². The van der Waals surface area contributed by atoms with E-state index in [2.05, 4.69) is 4.98 Å². The van der Waals surface area contributed by atoms with E-state index in [9.17, 15) is 4.79 Å². The molecule has 0 radical (unpaired) electrons. The summed E-state index contributed by atoms with van der Waals surface area (Å²) in [6, 6.07) is 3.62. The Labute approximate surface area is 114 Å². The summed E-state index contributed by atoms with van der Waals surface area (Å²) >= 11 is 0. The monoisotopic (exact) mass is 261 g/mol. The highest BCUT2D eigenvalue weighted by Gasteiger charge is 2.32. The SMILES string of the molecule is NCC1(CC(=O)Cc2ccnc(N)c2)CCCCC1. The van der Waals surface area contributed by atoms with Crippen molar-refractivity contribution in [1.82, 2.24) is 4.98 Å². The van der Waals surface area contributed by atoms with Gasteiger partial charge in [0.05, 0.1) is 0 Å². The zero-order valence-corrected chi connectivity index (χ0v) is 11.4. The van der Waals surface area contributed by atoms with E-state index >= 15 is 0 Å². The van der Waals surface area contributed by atoms with E-state index in [4.69, 9.17) is 11.5 Å². The predicted molar refractivity (Wildman–Crippen MR) is 76.5 cm³/mol. The maximum absolute atomic E-state index is 12.2. The van der Waals surface area contributed by atoms with Crippen LogP contribution < -0.4 is 11.5 Å². The second-order valence-corrected chi connectivity index (χ2v) is 5.75. The highest BCUT2D eigenvalue weighted by atomic mass is 16.1. The van der Waals surface area contributed by atoms with Gasteiger partial charge in [-0.1, -0.05) is 19.3 Å². The van der Waals surface area contributed by atoms with Gasteiger partial charge in [0.15, 0.2) is 0 Å². The van der Waals surface area contributed by atoms with Gasteiger partial charge in [-0.2, -0.15) is 0 Å². The van der Waals surface area contributed by atoms with Gasteiger partial charge in [0.2, 0.25) is 0 Å². The largest absolute Gasteiger partial charge is 0.384 e. The van der Waals surface area contributed by atoms with Crippen LogP contribution in [0.5, 0.6) is 0 Å². The zero-order chi connectivity index (χ0) is 13.7. The molecule has 1 aliphatic carbocycles. The number of Topliss-reactive ketones (excluding diaryl/α,β-unsaturated/α-hetero) is 1. The average molecular weight is 261 g/mol. The molecular weight excluding hydrogens is 238 g/mol. The Morgan fingerprint density at radius 2 is 2.05 bits per heavy atom. The number of anilines is 1. The van der Waals surface area contributed by atoms with Crippen LogP contribution in [0, 0.1) is 5.41 Å². The lowest BCUT2D eigenvalue weighted by Gasteiger charge is -2.35. The normalized spacial score (nSPS) is 18.2. The Balaban J connectivity index is 1.96. The predicted octanol–water partition coefficient (Wildman–Crippen LogP) is 2.07. The Bertz CT molecular complexity index is 439. The zero-order valence-electron chi connectivity index (χ0n) is 11.4. The molecule has 0 saturated heterocycles. The van der Waals surface area contributed by atoms with E-state index in [-0.39, 0.29) is 11.2 Å². The standard InChI is InChI=1S/C15H23N3O/c16-11-15(5-2-1-3-6-15)10-13(19)8-12-4-7-18-14(17)9-12/h4,7,9H,1-3,5-6,8,10-11,16H2,(H2,17,18). The molecule has 0 aromatic carbocycles. The van der Waals surface area contributed by atoms with E-state index in [1.807, 2.05) is 6.07 Å². The lowest BCUT2D eigenvalue weighted by atomic mass is 9.70. The van der Waals surface area contributed by atoms with E-state index in [1.165, 1.54) is 19.3 Å². The van der Waals surface area contributed by atoms with Gasteiger partial charge < -0.3 is 11.5 Å². The van der Waals surface area contributed by atoms with Gasteiger partial charge >= 0.3 is 0 Å². The molecule has 2 rings (SSSR count). The summed E-state index contributed by atoms with van der Waals surface area (Å²) in [5.74, 6) is 0.731. The minimum Gasteiger partial charge on any atom is -0.384 e. The van der Waals surface area contributed by atoms with Crippen molar-refractivity contribution in [3.63, 3.8) is 0 Å². The molecule has 1 aromatic rings. The van der Waals surface area contributed by atoms with Crippen LogP contribution in [-0.2, 0) is 11.2 Å². The van der Waals surface area contributed by atoms with Gasteiger partial charge in [0, 0.05) is 19.0 Å². The van der Waals surface area contributed by atoms with Gasteiger partial charge in [0.1, 0.15) is 11.6 Å². The number of aromatic nitrogens is 1. The average Bonchev–Trinajstić information content (AvgIpc) is 2.39. The molecule has 1 heterocycles. The maximum Gasteiger partial charge on any atom is 0.137 e. The molecule has 4 N–H and O–H groups in total. The Morgan fingerprint density at radius 1 is 1.32 bits per heavy atom. The highest BCUT2D eigenvalue weighted by molar-refractivity contribution is 5.81. The summed E-state index contributed by atoms with van der Waals surface area (Å²) in [4.78, 5) is 16.2. The molecule has 0 unspecified atom stereocenters. The van der Waals surface area contributed by atoms with Crippen molar-refractivity contribution in [3.05, 3.63) is 23.9 Å². The van der Waals surface area contributed by atoms with Gasteiger partial charge in [-0.05, 0) is 42.5 Å². The fraction of sp³-hybridized carbons (Fsp3) is 0.600. The first kappa shape index (κ1) is 14.0. The van der Waals surface area contributed by atoms with Crippen molar-refractivity contribution in [3.8, 4) is 0 Å². The molecule has 0 atom stereocenters. The van der Waals surface area contributed by atoms with Gasteiger partial charge in [-0.25, -0.2) is 4.98 Å². The number of nitrogen functional groups attached to an aromatic ring is 1. The van der Waals surface area contributed by atoms with Crippen LogP contribution in [-0.4, -0.2) is 17.3 Å². The molecule has 0 bridgehead atoms. The minimum absolute atomic E-state index is 0.0495. The summed E-state index contributed by atoms with van der Waals surface area (Å²) in [6.07, 6.45) is 8.55. The van der Waals surface area contributed by atoms with Crippen LogP contribution in [0.2, 0.25) is 0 Å². The molecule has 0 spiro atoms. The third-order valence-corrected chi connectivity index (χ3v) is 4.17. The quantitative estimate of drug-likeness (QED) is 0.850. The third kappa shape index (κ3) is 3.77. The number of hydrogen-bond acceptors (Lipinski definition) is 4. The van der Waals surface area contributed by atoms with Crippen molar-refractivity contribution in [2.45, 2.75) is 44.9 Å². The number of carbonyl (C=O) groups is 1. The first-order chi connectivity index (χ1) is 9.13. The first-order valence-electron chi connectivity index (χ1n) is 7.06. The van der Waals surface area contributed by atoms with E-state index in [0.717, 1.165) is 18.4 Å². The maximum atomic E-state index is 12.2. The third-order valence-electron chi connectivity index (χ3n) is 4.17. The summed E-state index contributed by atoms with van der Waals surface area (Å²) < 4.78 is 0. The molecule has 0 amide bonds. The number of nitrogens with two attached hydrogens (primary N) is 2. The molecule has 1 aliphatic rings. The Kier molecular flexibility index (Phi) is 4.53. The Morgan fingerprint density at radius 3 is 2.68 bits per heavy atom. The van der Waals surface area contributed by atoms with Gasteiger partial charge in [-0.3, -0.25) is 4.79 Å². The van der Waals surface area contributed by atoms with Crippen LogP contribution >= 0.6 is 0 Å². The fourth-order valence-electron chi connectivity index (χ4n) is 3.07. The van der Waals surface area contributed by atoms with Gasteiger partial charge in [-0.15, -0.1) is 0 Å². The molecule has 0 aliphatic heterocycles. The molecule has 1 fully saturated rings. The molecular formula is C15H23N3O. The number of rotatable bonds is 5. The number of hydrogen-bond donors (Lipinski definition) is 2. The number of pyridine rings is 1. The van der Waals surface area contributed by atoms with Crippen LogP contribution in [0.15, 0.2) is 18.3 Å². The van der Waals surface area contributed by atoms with Crippen molar-refractivity contribution >= 4 is 11.6 Å².